The zero-order valence-electron chi connectivity index (χ0n) is 17.0. The molecule has 1 aliphatic heterocycles. The first-order valence-electron chi connectivity index (χ1n) is 9.60. The van der Waals surface area contributed by atoms with E-state index in [4.69, 9.17) is 14.5 Å². The molecule has 0 spiro atoms. The maximum absolute atomic E-state index is 13.0. The first kappa shape index (κ1) is 21.4. The Labute approximate surface area is 162 Å². The van der Waals surface area contributed by atoms with Crippen LogP contribution >= 0.6 is 0 Å². The van der Waals surface area contributed by atoms with Crippen molar-refractivity contribution in [3.05, 3.63) is 30.1 Å². The van der Waals surface area contributed by atoms with E-state index < -0.39 is 0 Å². The van der Waals surface area contributed by atoms with Crippen molar-refractivity contribution in [2.45, 2.75) is 25.3 Å². The standard InChI is InChI=1S/C20H33FN4O2/c1-5-22-19(23-16-20(24(2)3)10-13-26-14-11-20)25(4)12-15-27-18-8-6-17(21)7-9-18/h6-9H,5,10-16H2,1-4H3,(H,22,23). The fraction of sp³-hybridized carbons (Fsp3) is 0.650. The fourth-order valence-electron chi connectivity index (χ4n) is 3.13. The molecule has 0 amide bonds. The quantitative estimate of drug-likeness (QED) is 0.554. The number of nitrogens with one attached hydrogen (secondary N) is 1. The maximum Gasteiger partial charge on any atom is 0.193 e. The number of hydrogen-bond donors (Lipinski definition) is 1. The van der Waals surface area contributed by atoms with Gasteiger partial charge in [0.1, 0.15) is 18.2 Å². The molecule has 152 valence electrons. The van der Waals surface area contributed by atoms with E-state index >= 15 is 0 Å². The second kappa shape index (κ2) is 10.5. The molecule has 7 heteroatoms. The lowest BCUT2D eigenvalue weighted by molar-refractivity contribution is -0.00263. The van der Waals surface area contributed by atoms with Crippen LogP contribution in [0.4, 0.5) is 4.39 Å². The Balaban J connectivity index is 1.93. The molecule has 1 saturated heterocycles. The van der Waals surface area contributed by atoms with Crippen LogP contribution in [0.2, 0.25) is 0 Å². The van der Waals surface area contributed by atoms with Crippen LogP contribution in [0.5, 0.6) is 5.75 Å². The summed E-state index contributed by atoms with van der Waals surface area (Å²) < 4.78 is 24.2. The molecular formula is C20H33FN4O2. The highest BCUT2D eigenvalue weighted by atomic mass is 19.1. The highest BCUT2D eigenvalue weighted by Gasteiger charge is 2.34. The van der Waals surface area contributed by atoms with Gasteiger partial charge in [-0.1, -0.05) is 0 Å². The van der Waals surface area contributed by atoms with E-state index in [0.29, 0.717) is 18.9 Å². The lowest BCUT2D eigenvalue weighted by Crippen LogP contribution is -2.52. The topological polar surface area (TPSA) is 49.3 Å². The number of rotatable bonds is 8. The molecule has 1 aromatic rings. The third-order valence-electron chi connectivity index (χ3n) is 5.10. The Morgan fingerprint density at radius 3 is 2.48 bits per heavy atom. The molecule has 27 heavy (non-hydrogen) atoms. The van der Waals surface area contributed by atoms with Gasteiger partial charge in [-0.2, -0.15) is 0 Å². The van der Waals surface area contributed by atoms with Gasteiger partial charge in [-0.05, 0) is 58.1 Å². The monoisotopic (exact) mass is 380 g/mol. The number of nitrogens with zero attached hydrogens (tertiary/aromatic N) is 3. The maximum atomic E-state index is 13.0. The first-order chi connectivity index (χ1) is 13.0. The van der Waals surface area contributed by atoms with Crippen LogP contribution in [0.3, 0.4) is 0 Å². The lowest BCUT2D eigenvalue weighted by Gasteiger charge is -2.42. The molecule has 2 rings (SSSR count). The third-order valence-corrected chi connectivity index (χ3v) is 5.10. The number of benzene rings is 1. The summed E-state index contributed by atoms with van der Waals surface area (Å²) in [5.41, 5.74) is 0.0460. The van der Waals surface area contributed by atoms with Crippen molar-refractivity contribution in [1.82, 2.24) is 15.1 Å². The second-order valence-electron chi connectivity index (χ2n) is 7.13. The van der Waals surface area contributed by atoms with Gasteiger partial charge >= 0.3 is 0 Å². The predicted molar refractivity (Wildman–Crippen MR) is 107 cm³/mol. The van der Waals surface area contributed by atoms with E-state index in [2.05, 4.69) is 36.1 Å². The minimum atomic E-state index is -0.260. The highest BCUT2D eigenvalue weighted by molar-refractivity contribution is 5.79. The minimum Gasteiger partial charge on any atom is -0.492 e. The van der Waals surface area contributed by atoms with E-state index in [-0.39, 0.29) is 11.4 Å². The molecule has 0 radical (unpaired) electrons. The van der Waals surface area contributed by atoms with Gasteiger partial charge in [0.15, 0.2) is 5.96 Å². The molecular weight excluding hydrogens is 347 g/mol. The van der Waals surface area contributed by atoms with Gasteiger partial charge in [-0.25, -0.2) is 4.39 Å². The number of guanidine groups is 1. The van der Waals surface area contributed by atoms with Crippen molar-refractivity contribution < 1.29 is 13.9 Å². The number of likely N-dealkylation sites (N-methyl/N-ethyl adjacent to an activating group) is 2. The summed E-state index contributed by atoms with van der Waals surface area (Å²) in [5, 5.41) is 3.36. The predicted octanol–water partition coefficient (Wildman–Crippen LogP) is 2.21. The van der Waals surface area contributed by atoms with Crippen molar-refractivity contribution in [2.24, 2.45) is 4.99 Å². The fourth-order valence-corrected chi connectivity index (χ4v) is 3.13. The number of hydrogen-bond acceptors (Lipinski definition) is 4. The number of halogens is 1. The summed E-state index contributed by atoms with van der Waals surface area (Å²) in [6.07, 6.45) is 1.97. The molecule has 0 unspecified atom stereocenters. The summed E-state index contributed by atoms with van der Waals surface area (Å²) in [6, 6.07) is 6.08. The zero-order chi connectivity index (χ0) is 19.7. The number of ether oxygens (including phenoxy) is 2. The molecule has 0 aromatic heterocycles. The Hall–Kier alpha value is -1.86. The Morgan fingerprint density at radius 1 is 1.22 bits per heavy atom. The van der Waals surface area contributed by atoms with Crippen LogP contribution in [0, 0.1) is 5.82 Å². The van der Waals surface area contributed by atoms with Gasteiger partial charge in [0.25, 0.3) is 0 Å². The van der Waals surface area contributed by atoms with Crippen LogP contribution in [0.25, 0.3) is 0 Å². The smallest absolute Gasteiger partial charge is 0.193 e. The molecule has 1 N–H and O–H groups in total. The first-order valence-corrected chi connectivity index (χ1v) is 9.60. The van der Waals surface area contributed by atoms with Crippen LogP contribution in [0.1, 0.15) is 19.8 Å². The summed E-state index contributed by atoms with van der Waals surface area (Å²) in [6.45, 7) is 6.35. The average Bonchev–Trinajstić information content (AvgIpc) is 2.67. The van der Waals surface area contributed by atoms with E-state index in [9.17, 15) is 4.39 Å². The summed E-state index contributed by atoms with van der Waals surface area (Å²) >= 11 is 0. The Kier molecular flexibility index (Phi) is 8.31. The van der Waals surface area contributed by atoms with Gasteiger partial charge in [0, 0.05) is 32.3 Å². The van der Waals surface area contributed by atoms with Gasteiger partial charge < -0.3 is 24.6 Å². The molecule has 1 aromatic carbocycles. The largest absolute Gasteiger partial charge is 0.492 e. The van der Waals surface area contributed by atoms with Gasteiger partial charge in [-0.3, -0.25) is 4.99 Å². The van der Waals surface area contributed by atoms with Crippen molar-refractivity contribution in [1.29, 1.82) is 0 Å². The van der Waals surface area contributed by atoms with Crippen LogP contribution in [0.15, 0.2) is 29.3 Å². The van der Waals surface area contributed by atoms with Crippen molar-refractivity contribution in [2.75, 3.05) is 60.6 Å². The Bertz CT molecular complexity index is 586. The van der Waals surface area contributed by atoms with Gasteiger partial charge in [0.05, 0.1) is 13.1 Å². The molecule has 6 nitrogen and oxygen atoms in total. The van der Waals surface area contributed by atoms with E-state index in [0.717, 1.165) is 45.1 Å². The molecule has 0 bridgehead atoms. The van der Waals surface area contributed by atoms with Crippen molar-refractivity contribution in [3.63, 3.8) is 0 Å². The molecule has 0 saturated carbocycles. The van der Waals surface area contributed by atoms with E-state index in [1.165, 1.54) is 12.1 Å². The second-order valence-corrected chi connectivity index (χ2v) is 7.13. The summed E-state index contributed by atoms with van der Waals surface area (Å²) in [4.78, 5) is 9.24. The van der Waals surface area contributed by atoms with E-state index in [1.54, 1.807) is 12.1 Å². The minimum absolute atomic E-state index is 0.0460. The van der Waals surface area contributed by atoms with Crippen LogP contribution in [-0.4, -0.2) is 81.9 Å². The average molecular weight is 381 g/mol. The van der Waals surface area contributed by atoms with Crippen molar-refractivity contribution >= 4 is 5.96 Å². The van der Waals surface area contributed by atoms with Crippen LogP contribution < -0.4 is 10.1 Å². The normalized spacial score (nSPS) is 17.0. The number of aliphatic imine (C=N–C) groups is 1. The van der Waals surface area contributed by atoms with E-state index in [1.807, 2.05) is 7.05 Å². The Morgan fingerprint density at radius 2 is 1.89 bits per heavy atom. The SMILES string of the molecule is CCNC(=NCC1(N(C)C)CCOCC1)N(C)CCOc1ccc(F)cc1. The zero-order valence-corrected chi connectivity index (χ0v) is 17.0. The lowest BCUT2D eigenvalue weighted by atomic mass is 9.89. The van der Waals surface area contributed by atoms with Gasteiger partial charge in [-0.15, -0.1) is 0 Å². The summed E-state index contributed by atoms with van der Waals surface area (Å²) in [5.74, 6) is 1.28. The molecule has 1 fully saturated rings. The molecule has 0 atom stereocenters. The summed E-state index contributed by atoms with van der Waals surface area (Å²) in [7, 11) is 6.24. The van der Waals surface area contributed by atoms with Crippen LogP contribution in [-0.2, 0) is 4.74 Å². The molecule has 0 aliphatic carbocycles. The molecule has 1 heterocycles. The third kappa shape index (κ3) is 6.36. The molecule has 1 aliphatic rings. The van der Waals surface area contributed by atoms with Crippen molar-refractivity contribution in [3.8, 4) is 5.75 Å². The van der Waals surface area contributed by atoms with Gasteiger partial charge in [0.2, 0.25) is 0 Å². The highest BCUT2D eigenvalue weighted by Crippen LogP contribution is 2.26.